The van der Waals surface area contributed by atoms with Crippen LogP contribution in [0.15, 0.2) is 30.3 Å². The van der Waals surface area contributed by atoms with Crippen molar-refractivity contribution in [2.45, 2.75) is 19.0 Å². The third-order valence-corrected chi connectivity index (χ3v) is 5.35. The van der Waals surface area contributed by atoms with Crippen LogP contribution in [-0.2, 0) is 11.0 Å². The second-order valence-electron chi connectivity index (χ2n) is 6.94. The number of alkyl halides is 3. The summed E-state index contributed by atoms with van der Waals surface area (Å²) in [6.45, 7) is 0.0872. The molecule has 0 saturated carbocycles. The van der Waals surface area contributed by atoms with Crippen molar-refractivity contribution in [2.24, 2.45) is 0 Å². The molecule has 0 spiro atoms. The number of nitriles is 1. The van der Waals surface area contributed by atoms with E-state index in [1.165, 1.54) is 30.1 Å². The van der Waals surface area contributed by atoms with Crippen molar-refractivity contribution >= 4 is 40.5 Å². The first kappa shape index (κ1) is 24.1. The zero-order valence-corrected chi connectivity index (χ0v) is 17.8. The van der Waals surface area contributed by atoms with E-state index in [4.69, 9.17) is 17.5 Å². The van der Waals surface area contributed by atoms with E-state index < -0.39 is 46.4 Å². The number of hydrogen-bond donors (Lipinski definition) is 1. The van der Waals surface area contributed by atoms with Crippen LogP contribution in [0.4, 0.5) is 33.3 Å². The zero-order valence-electron chi connectivity index (χ0n) is 17.0. The van der Waals surface area contributed by atoms with Gasteiger partial charge in [0, 0.05) is 25.7 Å². The molecule has 0 radical (unpaired) electrons. The smallest absolute Gasteiger partial charge is 0.355 e. The normalized spacial score (nSPS) is 14.7. The first-order chi connectivity index (χ1) is 15.5. The molecule has 33 heavy (non-hydrogen) atoms. The lowest BCUT2D eigenvalue weighted by atomic mass is 10.1. The first-order valence-electron chi connectivity index (χ1n) is 9.47. The molecule has 0 atom stereocenters. The molecule has 0 bridgehead atoms. The van der Waals surface area contributed by atoms with Crippen molar-refractivity contribution in [3.05, 3.63) is 58.7 Å². The maximum absolute atomic E-state index is 15.0. The molecule has 2 aromatic rings. The maximum atomic E-state index is 15.0. The average molecular weight is 482 g/mol. The number of rotatable bonds is 3. The molecule has 1 heterocycles. The summed E-state index contributed by atoms with van der Waals surface area (Å²) in [5, 5.41) is 10.9. The van der Waals surface area contributed by atoms with Crippen molar-refractivity contribution < 1.29 is 31.5 Å². The highest BCUT2D eigenvalue weighted by molar-refractivity contribution is 7.81. The fourth-order valence-electron chi connectivity index (χ4n) is 3.40. The number of anilines is 2. The molecule has 0 aromatic heterocycles. The van der Waals surface area contributed by atoms with Gasteiger partial charge < -0.3 is 10.2 Å². The minimum absolute atomic E-state index is 0.0872. The largest absolute Gasteiger partial charge is 0.420 e. The van der Waals surface area contributed by atoms with Gasteiger partial charge in [-0.05, 0) is 49.0 Å². The Kier molecular flexibility index (Phi) is 6.64. The number of nitrogens with zero attached hydrogens (tertiary/aromatic N) is 3. The molecule has 0 unspecified atom stereocenters. The number of nitrogens with one attached hydrogen (secondary N) is 1. The van der Waals surface area contributed by atoms with Crippen molar-refractivity contribution in [1.82, 2.24) is 5.32 Å². The third kappa shape index (κ3) is 4.49. The number of thiocarbonyl (C=S) groups is 1. The Morgan fingerprint density at radius 3 is 2.48 bits per heavy atom. The molecule has 0 aliphatic carbocycles. The molecule has 1 saturated heterocycles. The lowest BCUT2D eigenvalue weighted by Crippen LogP contribution is -2.45. The Balaban J connectivity index is 2.10. The fraction of sp³-hybridized carbons (Fsp3) is 0.238. The second-order valence-corrected chi connectivity index (χ2v) is 7.31. The minimum Gasteiger partial charge on any atom is -0.355 e. The standard InChI is InChI=1S/C21H15F5N4O2S/c1-28-19(32)13-6-5-12(9-14(13)22)29-8-2-3-16(31)30(20(29)33)15-7-4-11(10-27)17(18(15)23)21(24,25)26/h4-7,9H,2-3,8H2,1H3,(H,28,32). The molecule has 2 aromatic carbocycles. The number of carbonyl (C=O) groups excluding carboxylic acids is 2. The van der Waals surface area contributed by atoms with Crippen molar-refractivity contribution in [3.63, 3.8) is 0 Å². The van der Waals surface area contributed by atoms with E-state index in [-0.39, 0.29) is 35.7 Å². The summed E-state index contributed by atoms with van der Waals surface area (Å²) in [5.41, 5.74) is -3.65. The highest BCUT2D eigenvalue weighted by Crippen LogP contribution is 2.38. The van der Waals surface area contributed by atoms with Gasteiger partial charge in [0.2, 0.25) is 5.91 Å². The van der Waals surface area contributed by atoms with Crippen LogP contribution in [-0.4, -0.2) is 30.5 Å². The van der Waals surface area contributed by atoms with Crippen LogP contribution < -0.4 is 15.1 Å². The number of halogens is 5. The van der Waals surface area contributed by atoms with E-state index in [1.807, 2.05) is 0 Å². The Labute approximate surface area is 190 Å². The van der Waals surface area contributed by atoms with E-state index >= 15 is 4.39 Å². The van der Waals surface area contributed by atoms with Crippen molar-refractivity contribution in [3.8, 4) is 6.07 Å². The van der Waals surface area contributed by atoms with Gasteiger partial charge in [-0.25, -0.2) is 8.78 Å². The van der Waals surface area contributed by atoms with Gasteiger partial charge in [-0.2, -0.15) is 18.4 Å². The van der Waals surface area contributed by atoms with Gasteiger partial charge in [0.05, 0.1) is 22.9 Å². The van der Waals surface area contributed by atoms with Crippen LogP contribution in [0.1, 0.15) is 34.3 Å². The summed E-state index contributed by atoms with van der Waals surface area (Å²) in [6, 6.07) is 6.43. The fourth-order valence-corrected chi connectivity index (χ4v) is 3.80. The van der Waals surface area contributed by atoms with Gasteiger partial charge in [-0.15, -0.1) is 0 Å². The van der Waals surface area contributed by atoms with Crippen molar-refractivity contribution in [2.75, 3.05) is 23.4 Å². The van der Waals surface area contributed by atoms with Gasteiger partial charge in [0.1, 0.15) is 11.4 Å². The SMILES string of the molecule is CNC(=O)c1ccc(N2CCCC(=O)N(c3ccc(C#N)c(C(F)(F)F)c3F)C2=S)cc1F. The Hall–Kier alpha value is -3.59. The lowest BCUT2D eigenvalue weighted by Gasteiger charge is -2.30. The van der Waals surface area contributed by atoms with Crippen LogP contribution in [0.3, 0.4) is 0 Å². The average Bonchev–Trinajstić information content (AvgIpc) is 2.90. The van der Waals surface area contributed by atoms with E-state index in [0.717, 1.165) is 18.2 Å². The quantitative estimate of drug-likeness (QED) is 0.526. The van der Waals surface area contributed by atoms with E-state index in [9.17, 15) is 27.2 Å². The lowest BCUT2D eigenvalue weighted by molar-refractivity contribution is -0.140. The molecule has 1 fully saturated rings. The molecule has 3 rings (SSSR count). The third-order valence-electron chi connectivity index (χ3n) is 4.95. The van der Waals surface area contributed by atoms with Crippen LogP contribution in [0.25, 0.3) is 0 Å². The predicted octanol–water partition coefficient (Wildman–Crippen LogP) is 4.13. The molecule has 6 nitrogen and oxygen atoms in total. The molecule has 1 aliphatic heterocycles. The van der Waals surface area contributed by atoms with Gasteiger partial charge in [0.15, 0.2) is 10.9 Å². The molecular weight excluding hydrogens is 467 g/mol. The summed E-state index contributed by atoms with van der Waals surface area (Å²) < 4.78 is 69.8. The highest BCUT2D eigenvalue weighted by atomic mass is 32.1. The number of hydrogen-bond acceptors (Lipinski definition) is 4. The molecule has 1 N–H and O–H groups in total. The summed E-state index contributed by atoms with van der Waals surface area (Å²) in [4.78, 5) is 26.3. The van der Waals surface area contributed by atoms with Crippen LogP contribution in [0, 0.1) is 23.0 Å². The van der Waals surface area contributed by atoms with Crippen LogP contribution >= 0.6 is 12.2 Å². The molecule has 1 aliphatic rings. The zero-order chi connectivity index (χ0) is 24.5. The minimum atomic E-state index is -5.19. The summed E-state index contributed by atoms with van der Waals surface area (Å²) in [6.07, 6.45) is -5.17. The van der Waals surface area contributed by atoms with E-state index in [0.29, 0.717) is 4.90 Å². The van der Waals surface area contributed by atoms with Gasteiger partial charge in [-0.3, -0.25) is 14.5 Å². The number of carbonyl (C=O) groups is 2. The Morgan fingerprint density at radius 1 is 1.21 bits per heavy atom. The topological polar surface area (TPSA) is 76.4 Å². The maximum Gasteiger partial charge on any atom is 0.420 e. The summed E-state index contributed by atoms with van der Waals surface area (Å²) >= 11 is 5.30. The van der Waals surface area contributed by atoms with Crippen molar-refractivity contribution in [1.29, 1.82) is 5.26 Å². The molecule has 2 amide bonds. The number of benzene rings is 2. The van der Waals surface area contributed by atoms with E-state index in [2.05, 4.69) is 5.32 Å². The van der Waals surface area contributed by atoms with Gasteiger partial charge in [0.25, 0.3) is 5.91 Å². The molecule has 172 valence electrons. The first-order valence-corrected chi connectivity index (χ1v) is 9.88. The highest BCUT2D eigenvalue weighted by Gasteiger charge is 2.40. The van der Waals surface area contributed by atoms with E-state index in [1.54, 1.807) is 0 Å². The van der Waals surface area contributed by atoms with Gasteiger partial charge >= 0.3 is 6.18 Å². The monoisotopic (exact) mass is 482 g/mol. The Morgan fingerprint density at radius 2 is 1.91 bits per heavy atom. The van der Waals surface area contributed by atoms with Gasteiger partial charge in [-0.1, -0.05) is 0 Å². The van der Waals surface area contributed by atoms with Crippen LogP contribution in [0.5, 0.6) is 0 Å². The predicted molar refractivity (Wildman–Crippen MR) is 113 cm³/mol. The molecular formula is C21H15F5N4O2S. The molecule has 12 heteroatoms. The second kappa shape index (κ2) is 9.11. The summed E-state index contributed by atoms with van der Waals surface area (Å²) in [5.74, 6) is -4.14. The summed E-state index contributed by atoms with van der Waals surface area (Å²) in [7, 11) is 1.32. The number of amides is 2. The van der Waals surface area contributed by atoms with Crippen LogP contribution in [0.2, 0.25) is 0 Å². The Bertz CT molecular complexity index is 1190.